The van der Waals surface area contributed by atoms with Crippen molar-refractivity contribution in [3.63, 3.8) is 0 Å². The molecule has 30 heavy (non-hydrogen) atoms. The highest BCUT2D eigenvalue weighted by Crippen LogP contribution is 2.39. The number of halogens is 3. The number of aromatic nitrogens is 4. The second kappa shape index (κ2) is 7.43. The van der Waals surface area contributed by atoms with Gasteiger partial charge in [0.15, 0.2) is 5.82 Å². The second-order valence-electron chi connectivity index (χ2n) is 7.30. The molecular weight excluding hydrogens is 399 g/mol. The summed E-state index contributed by atoms with van der Waals surface area (Å²) < 4.78 is 40.1. The molecule has 1 aromatic carbocycles. The van der Waals surface area contributed by atoms with Gasteiger partial charge in [-0.3, -0.25) is 9.59 Å². The number of hydrogen-bond acceptors (Lipinski definition) is 4. The maximum Gasteiger partial charge on any atom is 0.416 e. The number of amides is 1. The van der Waals surface area contributed by atoms with E-state index >= 15 is 0 Å². The van der Waals surface area contributed by atoms with E-state index in [-0.39, 0.29) is 23.4 Å². The lowest BCUT2D eigenvalue weighted by molar-refractivity contribution is -0.137. The number of aromatic amines is 1. The molecule has 0 saturated heterocycles. The van der Waals surface area contributed by atoms with Crippen LogP contribution in [-0.2, 0) is 6.18 Å². The highest BCUT2D eigenvalue weighted by Gasteiger charge is 2.35. The highest BCUT2D eigenvalue weighted by atomic mass is 19.4. The minimum atomic E-state index is -4.37. The van der Waals surface area contributed by atoms with Crippen molar-refractivity contribution >= 4 is 5.91 Å². The number of hydrogen-bond donors (Lipinski definition) is 2. The van der Waals surface area contributed by atoms with Gasteiger partial charge in [0.2, 0.25) is 0 Å². The van der Waals surface area contributed by atoms with Crippen molar-refractivity contribution in [2.24, 2.45) is 0 Å². The molecule has 1 fully saturated rings. The molecule has 3 aromatic rings. The van der Waals surface area contributed by atoms with Crippen LogP contribution in [0.25, 0.3) is 5.82 Å². The van der Waals surface area contributed by atoms with Crippen molar-refractivity contribution in [1.82, 2.24) is 25.3 Å². The Balaban J connectivity index is 1.40. The van der Waals surface area contributed by atoms with E-state index in [0.29, 0.717) is 35.5 Å². The van der Waals surface area contributed by atoms with Crippen molar-refractivity contribution in [2.75, 3.05) is 0 Å². The molecule has 0 radical (unpaired) electrons. The Morgan fingerprint density at radius 1 is 1.23 bits per heavy atom. The number of benzene rings is 1. The fraction of sp³-hybridized carbons (Fsp3) is 0.300. The van der Waals surface area contributed by atoms with Crippen LogP contribution in [0.5, 0.6) is 0 Å². The number of rotatable bonds is 4. The Morgan fingerprint density at radius 3 is 2.67 bits per heavy atom. The van der Waals surface area contributed by atoms with E-state index in [2.05, 4.69) is 20.6 Å². The van der Waals surface area contributed by atoms with Crippen LogP contribution in [0.3, 0.4) is 0 Å². The van der Waals surface area contributed by atoms with Gasteiger partial charge >= 0.3 is 6.18 Å². The lowest BCUT2D eigenvalue weighted by Gasteiger charge is -2.36. The smallest absolute Gasteiger partial charge is 0.349 e. The van der Waals surface area contributed by atoms with E-state index in [9.17, 15) is 22.8 Å². The Morgan fingerprint density at radius 2 is 2.00 bits per heavy atom. The molecule has 2 heterocycles. The van der Waals surface area contributed by atoms with Gasteiger partial charge in [-0.25, -0.2) is 9.78 Å². The van der Waals surface area contributed by atoms with Gasteiger partial charge in [-0.05, 0) is 43.4 Å². The maximum atomic E-state index is 12.9. The fourth-order valence-electron chi connectivity index (χ4n) is 3.56. The van der Waals surface area contributed by atoms with Crippen LogP contribution in [0, 0.1) is 6.92 Å². The summed E-state index contributed by atoms with van der Waals surface area (Å²) in [7, 11) is 0. The first-order chi connectivity index (χ1) is 14.2. The number of nitrogens with one attached hydrogen (secondary N) is 2. The normalized spacial score (nSPS) is 18.7. The topological polar surface area (TPSA) is 92.7 Å². The van der Waals surface area contributed by atoms with Gasteiger partial charge in [-0.1, -0.05) is 18.2 Å². The number of nitrogens with zero attached hydrogens (tertiary/aromatic N) is 3. The number of alkyl halides is 3. The Hall–Kier alpha value is -3.43. The SMILES string of the molecule is Cc1c(C(=O)NC2CC(c3cccc(C(F)(F)F)c3)C2)cnn1-c1ccc(=O)[nH]n1. The highest BCUT2D eigenvalue weighted by molar-refractivity contribution is 5.95. The monoisotopic (exact) mass is 417 g/mol. The summed E-state index contributed by atoms with van der Waals surface area (Å²) in [6.07, 6.45) is -1.81. The number of carbonyl (C=O) groups excluding carboxylic acids is 1. The molecule has 7 nitrogen and oxygen atoms in total. The summed E-state index contributed by atoms with van der Waals surface area (Å²) in [5.41, 5.74) is 0.544. The third kappa shape index (κ3) is 3.85. The molecule has 0 bridgehead atoms. The van der Waals surface area contributed by atoms with Crippen molar-refractivity contribution < 1.29 is 18.0 Å². The van der Waals surface area contributed by atoms with Gasteiger partial charge in [-0.15, -0.1) is 0 Å². The molecule has 0 spiro atoms. The molecule has 2 aromatic heterocycles. The molecule has 0 atom stereocenters. The average Bonchev–Trinajstić information content (AvgIpc) is 3.06. The standard InChI is InChI=1S/C20H18F3N5O2/c1-11-16(10-24-28(11)17-5-6-18(29)27-26-17)19(30)25-15-8-13(9-15)12-3-2-4-14(7-12)20(21,22)23/h2-7,10,13,15H,8-9H2,1H3,(H,25,30)(H,27,29). The zero-order valence-electron chi connectivity index (χ0n) is 15.9. The lowest BCUT2D eigenvalue weighted by atomic mass is 9.75. The van der Waals surface area contributed by atoms with E-state index in [0.717, 1.165) is 6.07 Å². The van der Waals surface area contributed by atoms with E-state index in [1.54, 1.807) is 13.0 Å². The maximum absolute atomic E-state index is 12.9. The predicted octanol–water partition coefficient (Wildman–Crippen LogP) is 2.96. The van der Waals surface area contributed by atoms with Crippen LogP contribution in [0.15, 0.2) is 47.4 Å². The molecule has 156 valence electrons. The summed E-state index contributed by atoms with van der Waals surface area (Å²) in [6, 6.07) is 8.01. The quantitative estimate of drug-likeness (QED) is 0.683. The number of H-pyrrole nitrogens is 1. The van der Waals surface area contributed by atoms with E-state index in [4.69, 9.17) is 0 Å². The zero-order chi connectivity index (χ0) is 21.5. The Kier molecular flexibility index (Phi) is 4.92. The van der Waals surface area contributed by atoms with Crippen molar-refractivity contribution in [3.05, 3.63) is 75.3 Å². The summed E-state index contributed by atoms with van der Waals surface area (Å²) >= 11 is 0. The minimum absolute atomic E-state index is 0.0215. The molecule has 2 N–H and O–H groups in total. The summed E-state index contributed by atoms with van der Waals surface area (Å²) in [5, 5.41) is 13.2. The second-order valence-corrected chi connectivity index (χ2v) is 7.30. The largest absolute Gasteiger partial charge is 0.416 e. The first-order valence-electron chi connectivity index (χ1n) is 9.31. The van der Waals surface area contributed by atoms with Gasteiger partial charge in [0, 0.05) is 12.1 Å². The first kappa shape index (κ1) is 19.9. The molecule has 10 heteroatoms. The number of carbonyl (C=O) groups is 1. The van der Waals surface area contributed by atoms with Gasteiger partial charge in [-0.2, -0.15) is 23.4 Å². The van der Waals surface area contributed by atoms with Gasteiger partial charge < -0.3 is 5.32 Å². The van der Waals surface area contributed by atoms with Gasteiger partial charge in [0.25, 0.3) is 11.5 Å². The third-order valence-corrected chi connectivity index (χ3v) is 5.29. The molecular formula is C20H18F3N5O2. The molecule has 1 aliphatic carbocycles. The molecule has 1 amide bonds. The van der Waals surface area contributed by atoms with E-state index in [1.165, 1.54) is 35.1 Å². The van der Waals surface area contributed by atoms with Crippen LogP contribution in [0.4, 0.5) is 13.2 Å². The van der Waals surface area contributed by atoms with Gasteiger partial charge in [0.1, 0.15) is 0 Å². The average molecular weight is 417 g/mol. The lowest BCUT2D eigenvalue weighted by Crippen LogP contribution is -2.43. The Labute approximate surface area is 168 Å². The predicted molar refractivity (Wildman–Crippen MR) is 101 cm³/mol. The molecule has 1 aliphatic rings. The van der Waals surface area contributed by atoms with E-state index < -0.39 is 11.7 Å². The summed E-state index contributed by atoms with van der Waals surface area (Å²) in [4.78, 5) is 23.7. The van der Waals surface area contributed by atoms with Crippen LogP contribution in [-0.4, -0.2) is 31.9 Å². The summed E-state index contributed by atoms with van der Waals surface area (Å²) in [6.45, 7) is 1.71. The molecule has 1 saturated carbocycles. The van der Waals surface area contributed by atoms with Crippen molar-refractivity contribution in [2.45, 2.75) is 37.9 Å². The molecule has 0 unspecified atom stereocenters. The van der Waals surface area contributed by atoms with Gasteiger partial charge in [0.05, 0.1) is 23.0 Å². The molecule has 0 aliphatic heterocycles. The van der Waals surface area contributed by atoms with Crippen molar-refractivity contribution in [1.29, 1.82) is 0 Å². The van der Waals surface area contributed by atoms with Crippen molar-refractivity contribution in [3.8, 4) is 5.82 Å². The minimum Gasteiger partial charge on any atom is -0.349 e. The fourth-order valence-corrected chi connectivity index (χ4v) is 3.56. The van der Waals surface area contributed by atoms with Crippen LogP contribution < -0.4 is 10.9 Å². The third-order valence-electron chi connectivity index (χ3n) is 5.29. The zero-order valence-corrected chi connectivity index (χ0v) is 15.9. The summed E-state index contributed by atoms with van der Waals surface area (Å²) in [5.74, 6) is 0.0434. The van der Waals surface area contributed by atoms with E-state index in [1.807, 2.05) is 0 Å². The van der Waals surface area contributed by atoms with Crippen LogP contribution in [0.2, 0.25) is 0 Å². The Bertz CT molecular complexity index is 1130. The molecule has 4 rings (SSSR count). The van der Waals surface area contributed by atoms with Crippen LogP contribution >= 0.6 is 0 Å². The first-order valence-corrected chi connectivity index (χ1v) is 9.31. The van der Waals surface area contributed by atoms with Crippen LogP contribution in [0.1, 0.15) is 45.9 Å².